The number of aryl methyl sites for hydroxylation is 1. The molecule has 0 bridgehead atoms. The summed E-state index contributed by atoms with van der Waals surface area (Å²) in [5.74, 6) is -0.884. The van der Waals surface area contributed by atoms with Crippen LogP contribution in [0.3, 0.4) is 0 Å². The number of pyridine rings is 1. The number of carboxylic acids is 1. The standard InChI is InChI=1S/C8H8ClNO3/c1-4-3-5(9)6(8(11)12)10-7(4)13-2/h3H,1-2H3,(H,11,12). The normalized spacial score (nSPS) is 9.77. The minimum absolute atomic E-state index is 0.116. The summed E-state index contributed by atoms with van der Waals surface area (Å²) in [4.78, 5) is 14.3. The fourth-order valence-electron chi connectivity index (χ4n) is 0.920. The summed E-state index contributed by atoms with van der Waals surface area (Å²) in [6, 6.07) is 1.51. The van der Waals surface area contributed by atoms with Gasteiger partial charge in [0.05, 0.1) is 12.1 Å². The van der Waals surface area contributed by atoms with Crippen molar-refractivity contribution in [2.45, 2.75) is 6.92 Å². The molecule has 0 fully saturated rings. The molecule has 0 saturated carbocycles. The lowest BCUT2D eigenvalue weighted by atomic mass is 10.2. The van der Waals surface area contributed by atoms with Crippen LogP contribution in [0.5, 0.6) is 5.88 Å². The van der Waals surface area contributed by atoms with Crippen molar-refractivity contribution in [2.75, 3.05) is 7.11 Å². The lowest BCUT2D eigenvalue weighted by Crippen LogP contribution is -2.04. The van der Waals surface area contributed by atoms with Gasteiger partial charge in [-0.15, -0.1) is 0 Å². The van der Waals surface area contributed by atoms with Gasteiger partial charge in [0.15, 0.2) is 5.69 Å². The Kier molecular flexibility index (Phi) is 2.72. The van der Waals surface area contributed by atoms with Crippen molar-refractivity contribution in [1.82, 2.24) is 4.98 Å². The molecule has 0 unspecified atom stereocenters. The number of hydrogen-bond donors (Lipinski definition) is 1. The van der Waals surface area contributed by atoms with Crippen LogP contribution in [0.4, 0.5) is 0 Å². The maximum Gasteiger partial charge on any atom is 0.356 e. The molecule has 0 amide bonds. The van der Waals surface area contributed by atoms with Gasteiger partial charge >= 0.3 is 5.97 Å². The summed E-state index contributed by atoms with van der Waals surface area (Å²) in [7, 11) is 1.43. The Balaban J connectivity index is 3.30. The number of hydrogen-bond acceptors (Lipinski definition) is 3. The first-order chi connectivity index (χ1) is 6.06. The highest BCUT2D eigenvalue weighted by molar-refractivity contribution is 6.33. The molecule has 0 aromatic carbocycles. The van der Waals surface area contributed by atoms with Gasteiger partial charge in [-0.05, 0) is 13.0 Å². The minimum atomic E-state index is -1.16. The second-order valence-corrected chi connectivity index (χ2v) is 2.86. The number of rotatable bonds is 2. The Morgan fingerprint density at radius 3 is 2.77 bits per heavy atom. The molecule has 5 heteroatoms. The lowest BCUT2D eigenvalue weighted by molar-refractivity contribution is 0.0689. The molecule has 0 atom stereocenters. The van der Waals surface area contributed by atoms with Crippen molar-refractivity contribution in [1.29, 1.82) is 0 Å². The first kappa shape index (κ1) is 9.80. The van der Waals surface area contributed by atoms with E-state index in [9.17, 15) is 4.79 Å². The summed E-state index contributed by atoms with van der Waals surface area (Å²) < 4.78 is 4.86. The number of carbonyl (C=O) groups is 1. The largest absolute Gasteiger partial charge is 0.481 e. The molecule has 0 aliphatic heterocycles. The van der Waals surface area contributed by atoms with Crippen molar-refractivity contribution >= 4 is 17.6 Å². The number of nitrogens with zero attached hydrogens (tertiary/aromatic N) is 1. The van der Waals surface area contributed by atoms with E-state index < -0.39 is 5.97 Å². The van der Waals surface area contributed by atoms with Gasteiger partial charge in [0.1, 0.15) is 0 Å². The number of aromatic nitrogens is 1. The molecular formula is C8H8ClNO3. The van der Waals surface area contributed by atoms with E-state index in [0.29, 0.717) is 5.56 Å². The van der Waals surface area contributed by atoms with Gasteiger partial charge in [0, 0.05) is 5.56 Å². The quantitative estimate of drug-likeness (QED) is 0.792. The Morgan fingerprint density at radius 2 is 2.31 bits per heavy atom. The van der Waals surface area contributed by atoms with E-state index in [-0.39, 0.29) is 16.6 Å². The number of aromatic carboxylic acids is 1. The molecule has 0 aliphatic rings. The molecule has 0 aliphatic carbocycles. The van der Waals surface area contributed by atoms with Gasteiger partial charge in [-0.25, -0.2) is 9.78 Å². The Morgan fingerprint density at radius 1 is 1.69 bits per heavy atom. The van der Waals surface area contributed by atoms with E-state index in [0.717, 1.165) is 0 Å². The summed E-state index contributed by atoms with van der Waals surface area (Å²) in [5, 5.41) is 8.79. The molecule has 1 heterocycles. The lowest BCUT2D eigenvalue weighted by Gasteiger charge is -2.05. The smallest absolute Gasteiger partial charge is 0.356 e. The topological polar surface area (TPSA) is 59.4 Å². The maximum atomic E-state index is 10.6. The summed E-state index contributed by atoms with van der Waals surface area (Å²) in [6.45, 7) is 1.74. The highest BCUT2D eigenvalue weighted by Gasteiger charge is 2.13. The van der Waals surface area contributed by atoms with E-state index in [1.165, 1.54) is 13.2 Å². The van der Waals surface area contributed by atoms with Crippen molar-refractivity contribution in [3.8, 4) is 5.88 Å². The molecule has 0 radical (unpaired) electrons. The van der Waals surface area contributed by atoms with Gasteiger partial charge in [-0.3, -0.25) is 0 Å². The first-order valence-corrected chi connectivity index (χ1v) is 3.88. The van der Waals surface area contributed by atoms with E-state index in [2.05, 4.69) is 4.98 Å². The second kappa shape index (κ2) is 3.62. The third-order valence-corrected chi connectivity index (χ3v) is 1.80. The average Bonchev–Trinajstić information content (AvgIpc) is 2.03. The van der Waals surface area contributed by atoms with Crippen LogP contribution < -0.4 is 4.74 Å². The van der Waals surface area contributed by atoms with Crippen LogP contribution in [-0.4, -0.2) is 23.2 Å². The van der Waals surface area contributed by atoms with E-state index in [4.69, 9.17) is 21.4 Å². The molecular weight excluding hydrogens is 194 g/mol. The van der Waals surface area contributed by atoms with Crippen molar-refractivity contribution < 1.29 is 14.6 Å². The zero-order valence-corrected chi connectivity index (χ0v) is 7.92. The van der Waals surface area contributed by atoms with Crippen LogP contribution in [0.25, 0.3) is 0 Å². The van der Waals surface area contributed by atoms with Crippen LogP contribution in [-0.2, 0) is 0 Å². The third-order valence-electron chi connectivity index (χ3n) is 1.52. The monoisotopic (exact) mass is 201 g/mol. The average molecular weight is 202 g/mol. The summed E-state index contributed by atoms with van der Waals surface area (Å²) >= 11 is 5.65. The Labute approximate surface area is 80.1 Å². The van der Waals surface area contributed by atoms with Crippen molar-refractivity contribution in [2.24, 2.45) is 0 Å². The van der Waals surface area contributed by atoms with Crippen LogP contribution in [0, 0.1) is 6.92 Å². The molecule has 70 valence electrons. The van der Waals surface area contributed by atoms with Gasteiger partial charge in [0.25, 0.3) is 0 Å². The summed E-state index contributed by atoms with van der Waals surface area (Å²) in [5.41, 5.74) is 0.515. The van der Waals surface area contributed by atoms with Gasteiger partial charge < -0.3 is 9.84 Å². The van der Waals surface area contributed by atoms with Crippen LogP contribution >= 0.6 is 11.6 Å². The van der Waals surface area contributed by atoms with Gasteiger partial charge in [-0.2, -0.15) is 0 Å². The Bertz CT molecular complexity index is 351. The molecule has 1 N–H and O–H groups in total. The summed E-state index contributed by atoms with van der Waals surface area (Å²) in [6.07, 6.45) is 0. The fourth-order valence-corrected chi connectivity index (χ4v) is 1.21. The van der Waals surface area contributed by atoms with E-state index in [1.54, 1.807) is 6.92 Å². The minimum Gasteiger partial charge on any atom is -0.481 e. The molecule has 1 rings (SSSR count). The first-order valence-electron chi connectivity index (χ1n) is 3.50. The zero-order chi connectivity index (χ0) is 10.0. The fraction of sp³-hybridized carbons (Fsp3) is 0.250. The number of carboxylic acid groups (broad SMARTS) is 1. The molecule has 1 aromatic rings. The highest BCUT2D eigenvalue weighted by Crippen LogP contribution is 2.22. The molecule has 13 heavy (non-hydrogen) atoms. The van der Waals surface area contributed by atoms with E-state index >= 15 is 0 Å². The SMILES string of the molecule is COc1nc(C(=O)O)c(Cl)cc1C. The number of methoxy groups -OCH3 is 1. The molecule has 1 aromatic heterocycles. The van der Waals surface area contributed by atoms with Crippen LogP contribution in [0.1, 0.15) is 16.1 Å². The van der Waals surface area contributed by atoms with Crippen molar-refractivity contribution in [3.05, 3.63) is 22.3 Å². The van der Waals surface area contributed by atoms with E-state index in [1.807, 2.05) is 0 Å². The highest BCUT2D eigenvalue weighted by atomic mass is 35.5. The molecule has 0 spiro atoms. The second-order valence-electron chi connectivity index (χ2n) is 2.45. The predicted molar refractivity (Wildman–Crippen MR) is 47.5 cm³/mol. The van der Waals surface area contributed by atoms with Crippen LogP contribution in [0.15, 0.2) is 6.07 Å². The molecule has 0 saturated heterocycles. The number of halogens is 1. The third kappa shape index (κ3) is 1.89. The van der Waals surface area contributed by atoms with Crippen LogP contribution in [0.2, 0.25) is 5.02 Å². The Hall–Kier alpha value is -1.29. The maximum absolute atomic E-state index is 10.6. The van der Waals surface area contributed by atoms with Gasteiger partial charge in [0.2, 0.25) is 5.88 Å². The number of ether oxygens (including phenoxy) is 1. The predicted octanol–water partition coefficient (Wildman–Crippen LogP) is 1.75. The molecule has 4 nitrogen and oxygen atoms in total. The van der Waals surface area contributed by atoms with Gasteiger partial charge in [-0.1, -0.05) is 11.6 Å². The van der Waals surface area contributed by atoms with Crippen molar-refractivity contribution in [3.63, 3.8) is 0 Å². The zero-order valence-electron chi connectivity index (χ0n) is 7.17.